The molecule has 4 heteroatoms. The Hall–Kier alpha value is -1.86. The smallest absolute Gasteiger partial charge is 0.223 e. The fourth-order valence-electron chi connectivity index (χ4n) is 2.57. The number of amides is 1. The maximum Gasteiger partial charge on any atom is 0.223 e. The van der Waals surface area contributed by atoms with Crippen LogP contribution in [0.15, 0.2) is 30.3 Å². The van der Waals surface area contributed by atoms with E-state index >= 15 is 0 Å². The molecule has 20 heavy (non-hydrogen) atoms. The Kier molecular flexibility index (Phi) is 5.57. The number of carbonyl (C=O) groups excluding carboxylic acids is 1. The summed E-state index contributed by atoms with van der Waals surface area (Å²) in [5.74, 6) is 0.696. The predicted molar refractivity (Wildman–Crippen MR) is 77.7 cm³/mol. The van der Waals surface area contributed by atoms with Crippen LogP contribution in [0.5, 0.6) is 0 Å². The van der Waals surface area contributed by atoms with E-state index in [1.54, 1.807) is 4.90 Å². The van der Waals surface area contributed by atoms with E-state index < -0.39 is 0 Å². The Bertz CT molecular complexity index is 460. The Morgan fingerprint density at radius 3 is 2.85 bits per heavy atom. The van der Waals surface area contributed by atoms with Crippen LogP contribution in [-0.2, 0) is 11.3 Å². The quantitative estimate of drug-likeness (QED) is 0.804. The van der Waals surface area contributed by atoms with Gasteiger partial charge in [-0.25, -0.2) is 0 Å². The molecule has 1 aromatic rings. The van der Waals surface area contributed by atoms with Crippen LogP contribution in [0.1, 0.15) is 24.8 Å². The van der Waals surface area contributed by atoms with Gasteiger partial charge in [0.05, 0.1) is 6.07 Å². The summed E-state index contributed by atoms with van der Waals surface area (Å²) in [4.78, 5) is 13.9. The van der Waals surface area contributed by atoms with Crippen LogP contribution < -0.4 is 5.32 Å². The molecule has 0 aliphatic carbocycles. The van der Waals surface area contributed by atoms with Crippen LogP contribution in [0.2, 0.25) is 0 Å². The zero-order chi connectivity index (χ0) is 14.2. The Balaban J connectivity index is 1.86. The molecule has 0 radical (unpaired) electrons. The Morgan fingerprint density at radius 2 is 2.20 bits per heavy atom. The topological polar surface area (TPSA) is 56.1 Å². The molecule has 1 unspecified atom stereocenters. The van der Waals surface area contributed by atoms with Crippen molar-refractivity contribution < 1.29 is 4.79 Å². The molecule has 1 N–H and O–H groups in total. The van der Waals surface area contributed by atoms with Gasteiger partial charge in [0.15, 0.2) is 0 Å². The molecule has 0 aromatic heterocycles. The van der Waals surface area contributed by atoms with Gasteiger partial charge in [-0.3, -0.25) is 4.79 Å². The van der Waals surface area contributed by atoms with Crippen LogP contribution in [0.25, 0.3) is 0 Å². The second-order valence-corrected chi connectivity index (χ2v) is 5.29. The van der Waals surface area contributed by atoms with Crippen molar-refractivity contribution in [3.8, 4) is 6.07 Å². The van der Waals surface area contributed by atoms with Crippen LogP contribution in [-0.4, -0.2) is 30.4 Å². The molecule has 1 aliphatic heterocycles. The molecule has 0 bridgehead atoms. The first-order chi connectivity index (χ1) is 9.79. The first kappa shape index (κ1) is 14.5. The number of carbonyl (C=O) groups is 1. The van der Waals surface area contributed by atoms with Gasteiger partial charge in [0.1, 0.15) is 6.54 Å². The third-order valence-electron chi connectivity index (χ3n) is 3.76. The molecule has 1 aromatic carbocycles. The lowest BCUT2D eigenvalue weighted by molar-refractivity contribution is -0.131. The van der Waals surface area contributed by atoms with Crippen molar-refractivity contribution in [3.05, 3.63) is 35.9 Å². The van der Waals surface area contributed by atoms with Gasteiger partial charge >= 0.3 is 0 Å². The van der Waals surface area contributed by atoms with E-state index in [1.807, 2.05) is 30.3 Å². The van der Waals surface area contributed by atoms with E-state index in [1.165, 1.54) is 0 Å². The van der Waals surface area contributed by atoms with Gasteiger partial charge in [-0.2, -0.15) is 5.26 Å². The van der Waals surface area contributed by atoms with Crippen LogP contribution in [0, 0.1) is 17.2 Å². The van der Waals surface area contributed by atoms with Crippen molar-refractivity contribution in [2.75, 3.05) is 19.6 Å². The highest BCUT2D eigenvalue weighted by atomic mass is 16.2. The number of rotatable bonds is 6. The monoisotopic (exact) mass is 271 g/mol. The lowest BCUT2D eigenvalue weighted by atomic mass is 10.0. The number of nitriles is 1. The zero-order valence-corrected chi connectivity index (χ0v) is 11.7. The van der Waals surface area contributed by atoms with Crippen molar-refractivity contribution in [3.63, 3.8) is 0 Å². The van der Waals surface area contributed by atoms with Crippen molar-refractivity contribution in [2.24, 2.45) is 5.92 Å². The minimum absolute atomic E-state index is 0.0855. The normalized spacial score (nSPS) is 17.6. The summed E-state index contributed by atoms with van der Waals surface area (Å²) in [6.07, 6.45) is 2.62. The molecule has 1 fully saturated rings. The molecule has 1 heterocycles. The lowest BCUT2D eigenvalue weighted by Crippen LogP contribution is -2.31. The minimum atomic E-state index is 0.0855. The number of hydrogen-bond acceptors (Lipinski definition) is 3. The number of hydrogen-bond donors (Lipinski definition) is 1. The molecule has 106 valence electrons. The van der Waals surface area contributed by atoms with E-state index in [4.69, 9.17) is 5.26 Å². The highest BCUT2D eigenvalue weighted by molar-refractivity contribution is 5.76. The molecule has 0 saturated carbocycles. The van der Waals surface area contributed by atoms with Gasteiger partial charge in [-0.05, 0) is 37.4 Å². The summed E-state index contributed by atoms with van der Waals surface area (Å²) in [6.45, 7) is 2.77. The van der Waals surface area contributed by atoms with E-state index in [0.29, 0.717) is 18.9 Å². The molecule has 4 nitrogen and oxygen atoms in total. The first-order valence-corrected chi connectivity index (χ1v) is 7.19. The summed E-state index contributed by atoms with van der Waals surface area (Å²) in [6, 6.07) is 11.9. The van der Waals surface area contributed by atoms with E-state index in [-0.39, 0.29) is 12.5 Å². The second kappa shape index (κ2) is 7.66. The maximum absolute atomic E-state index is 12.2. The van der Waals surface area contributed by atoms with Gasteiger partial charge in [0.2, 0.25) is 5.91 Å². The van der Waals surface area contributed by atoms with Gasteiger partial charge < -0.3 is 10.2 Å². The molecule has 2 rings (SSSR count). The third-order valence-corrected chi connectivity index (χ3v) is 3.76. The summed E-state index contributed by atoms with van der Waals surface area (Å²) in [5, 5.41) is 12.2. The van der Waals surface area contributed by atoms with Crippen LogP contribution in [0.3, 0.4) is 0 Å². The van der Waals surface area contributed by atoms with E-state index in [2.05, 4.69) is 11.4 Å². The highest BCUT2D eigenvalue weighted by Gasteiger charge is 2.18. The Labute approximate surface area is 120 Å². The number of nitrogens with one attached hydrogen (secondary N) is 1. The van der Waals surface area contributed by atoms with E-state index in [9.17, 15) is 4.79 Å². The maximum atomic E-state index is 12.2. The molecule has 1 aliphatic rings. The summed E-state index contributed by atoms with van der Waals surface area (Å²) in [7, 11) is 0. The second-order valence-electron chi connectivity index (χ2n) is 5.29. The average molecular weight is 271 g/mol. The fourth-order valence-corrected chi connectivity index (χ4v) is 2.57. The summed E-state index contributed by atoms with van der Waals surface area (Å²) < 4.78 is 0. The summed E-state index contributed by atoms with van der Waals surface area (Å²) >= 11 is 0. The SMILES string of the molecule is N#CCN(Cc1ccccc1)C(=O)CCC1CCNC1. The Morgan fingerprint density at radius 1 is 1.40 bits per heavy atom. The fraction of sp³-hybridized carbons (Fsp3) is 0.500. The van der Waals surface area contributed by atoms with Gasteiger partial charge in [0, 0.05) is 13.0 Å². The van der Waals surface area contributed by atoms with Crippen LogP contribution >= 0.6 is 0 Å². The minimum Gasteiger partial charge on any atom is -0.325 e. The predicted octanol–water partition coefficient (Wildman–Crippen LogP) is 1.93. The molecule has 1 amide bonds. The molecular weight excluding hydrogens is 250 g/mol. The number of benzene rings is 1. The van der Waals surface area contributed by atoms with Crippen molar-refractivity contribution in [1.29, 1.82) is 5.26 Å². The van der Waals surface area contributed by atoms with Crippen molar-refractivity contribution >= 4 is 5.91 Å². The molecule has 0 spiro atoms. The van der Waals surface area contributed by atoms with Gasteiger partial charge in [-0.15, -0.1) is 0 Å². The standard InChI is InChI=1S/C16H21N3O/c17-9-11-19(13-15-4-2-1-3-5-15)16(20)7-6-14-8-10-18-12-14/h1-5,14,18H,6-8,10-13H2. The molecule has 1 atom stereocenters. The van der Waals surface area contributed by atoms with Crippen molar-refractivity contribution in [2.45, 2.75) is 25.8 Å². The van der Waals surface area contributed by atoms with Crippen molar-refractivity contribution in [1.82, 2.24) is 10.2 Å². The lowest BCUT2D eigenvalue weighted by Gasteiger charge is -2.20. The molecular formula is C16H21N3O. The van der Waals surface area contributed by atoms with Gasteiger partial charge in [0.25, 0.3) is 0 Å². The summed E-state index contributed by atoms with van der Waals surface area (Å²) in [5.41, 5.74) is 1.07. The number of nitrogens with zero attached hydrogens (tertiary/aromatic N) is 2. The first-order valence-electron chi connectivity index (χ1n) is 7.19. The largest absolute Gasteiger partial charge is 0.325 e. The third kappa shape index (κ3) is 4.36. The average Bonchev–Trinajstić information content (AvgIpc) is 2.99. The van der Waals surface area contributed by atoms with Gasteiger partial charge in [-0.1, -0.05) is 30.3 Å². The van der Waals surface area contributed by atoms with Crippen LogP contribution in [0.4, 0.5) is 0 Å². The zero-order valence-electron chi connectivity index (χ0n) is 11.7. The molecule has 1 saturated heterocycles. The van der Waals surface area contributed by atoms with E-state index in [0.717, 1.165) is 31.5 Å². The highest BCUT2D eigenvalue weighted by Crippen LogP contribution is 2.16.